The molecule has 78 valence electrons. The van der Waals surface area contributed by atoms with E-state index < -0.39 is 11.6 Å². The average molecular weight is 279 g/mol. The molecule has 0 aliphatic heterocycles. The molecular formula is C8H11BrN2O2S. The Balaban J connectivity index is 3.07. The lowest BCUT2D eigenvalue weighted by atomic mass is 10.1. The number of thiazole rings is 1. The van der Waals surface area contributed by atoms with Gasteiger partial charge in [-0.05, 0) is 36.7 Å². The van der Waals surface area contributed by atoms with Gasteiger partial charge in [0.2, 0.25) is 0 Å². The van der Waals surface area contributed by atoms with Gasteiger partial charge < -0.3 is 5.11 Å². The molecule has 0 unspecified atom stereocenters. The second-order valence-electron chi connectivity index (χ2n) is 3.74. The second-order valence-corrected chi connectivity index (χ2v) is 6.03. The van der Waals surface area contributed by atoms with E-state index in [1.165, 1.54) is 16.2 Å². The van der Waals surface area contributed by atoms with Crippen molar-refractivity contribution in [2.24, 2.45) is 0 Å². The van der Waals surface area contributed by atoms with Crippen LogP contribution >= 0.6 is 27.3 Å². The molecule has 14 heavy (non-hydrogen) atoms. The minimum Gasteiger partial charge on any atom is -0.465 e. The molecule has 1 aromatic heterocycles. The monoisotopic (exact) mass is 278 g/mol. The van der Waals surface area contributed by atoms with Gasteiger partial charge in [-0.2, -0.15) is 0 Å². The first-order valence-electron chi connectivity index (χ1n) is 3.97. The van der Waals surface area contributed by atoms with Crippen molar-refractivity contribution in [1.82, 2.24) is 4.98 Å². The molecule has 0 saturated carbocycles. The van der Waals surface area contributed by atoms with Crippen LogP contribution in [0.3, 0.4) is 0 Å². The van der Waals surface area contributed by atoms with Gasteiger partial charge in [0.05, 0.1) is 6.20 Å². The Bertz CT molecular complexity index is 345. The van der Waals surface area contributed by atoms with E-state index in [4.69, 9.17) is 5.11 Å². The largest absolute Gasteiger partial charge is 0.465 e. The van der Waals surface area contributed by atoms with Crippen LogP contribution in [0.2, 0.25) is 0 Å². The molecule has 0 radical (unpaired) electrons. The van der Waals surface area contributed by atoms with Crippen molar-refractivity contribution in [3.8, 4) is 0 Å². The molecule has 6 heteroatoms. The number of hydrogen-bond acceptors (Lipinski definition) is 3. The van der Waals surface area contributed by atoms with Crippen LogP contribution in [-0.2, 0) is 0 Å². The predicted molar refractivity (Wildman–Crippen MR) is 60.1 cm³/mol. The summed E-state index contributed by atoms with van der Waals surface area (Å²) in [6, 6.07) is 0. The van der Waals surface area contributed by atoms with E-state index in [0.717, 1.165) is 0 Å². The zero-order valence-corrected chi connectivity index (χ0v) is 10.5. The Hall–Kier alpha value is -0.620. The highest BCUT2D eigenvalue weighted by Crippen LogP contribution is 2.31. The minimum absolute atomic E-state index is 0.461. The van der Waals surface area contributed by atoms with Gasteiger partial charge >= 0.3 is 6.09 Å². The van der Waals surface area contributed by atoms with Crippen molar-refractivity contribution < 1.29 is 9.90 Å². The summed E-state index contributed by atoms with van der Waals surface area (Å²) in [6.45, 7) is 5.53. The fraction of sp³-hybridized carbons (Fsp3) is 0.500. The fourth-order valence-electron chi connectivity index (χ4n) is 1.06. The molecule has 0 spiro atoms. The van der Waals surface area contributed by atoms with E-state index >= 15 is 0 Å². The first kappa shape index (κ1) is 11.5. The average Bonchev–Trinajstić information content (AvgIpc) is 2.31. The Kier molecular flexibility index (Phi) is 3.16. The van der Waals surface area contributed by atoms with E-state index in [1.807, 2.05) is 20.8 Å². The molecular weight excluding hydrogens is 268 g/mol. The molecule has 0 aliphatic rings. The van der Waals surface area contributed by atoms with E-state index in [-0.39, 0.29) is 0 Å². The Morgan fingerprint density at radius 2 is 2.21 bits per heavy atom. The number of carbonyl (C=O) groups is 1. The maximum absolute atomic E-state index is 11.0. The van der Waals surface area contributed by atoms with Gasteiger partial charge in [-0.1, -0.05) is 11.3 Å². The van der Waals surface area contributed by atoms with Crippen molar-refractivity contribution in [3.05, 3.63) is 10.1 Å². The number of amides is 1. The van der Waals surface area contributed by atoms with Gasteiger partial charge in [0.1, 0.15) is 5.00 Å². The van der Waals surface area contributed by atoms with Crippen LogP contribution in [-0.4, -0.2) is 21.7 Å². The smallest absolute Gasteiger partial charge is 0.412 e. The third-order valence-corrected chi connectivity index (χ3v) is 3.01. The summed E-state index contributed by atoms with van der Waals surface area (Å²) in [6.07, 6.45) is 0.586. The topological polar surface area (TPSA) is 53.4 Å². The lowest BCUT2D eigenvalue weighted by Gasteiger charge is -2.31. The molecule has 0 aliphatic carbocycles. The lowest BCUT2D eigenvalue weighted by Crippen LogP contribution is -2.44. The Morgan fingerprint density at radius 1 is 1.64 bits per heavy atom. The van der Waals surface area contributed by atoms with E-state index in [9.17, 15) is 4.79 Å². The highest BCUT2D eigenvalue weighted by atomic mass is 79.9. The van der Waals surface area contributed by atoms with Crippen LogP contribution in [0.25, 0.3) is 0 Å². The van der Waals surface area contributed by atoms with Crippen LogP contribution < -0.4 is 4.90 Å². The lowest BCUT2D eigenvalue weighted by molar-refractivity contribution is 0.196. The highest BCUT2D eigenvalue weighted by Gasteiger charge is 2.29. The summed E-state index contributed by atoms with van der Waals surface area (Å²) in [5.41, 5.74) is -0.461. The predicted octanol–water partition coefficient (Wildman–Crippen LogP) is 3.19. The fourth-order valence-corrected chi connectivity index (χ4v) is 2.49. The summed E-state index contributed by atoms with van der Waals surface area (Å²) in [7, 11) is 0. The van der Waals surface area contributed by atoms with Crippen molar-refractivity contribution in [3.63, 3.8) is 0 Å². The number of aromatic nitrogens is 1. The quantitative estimate of drug-likeness (QED) is 0.858. The normalized spacial score (nSPS) is 11.4. The molecule has 1 amide bonds. The number of anilines is 1. The van der Waals surface area contributed by atoms with Crippen molar-refractivity contribution >= 4 is 38.4 Å². The van der Waals surface area contributed by atoms with E-state index in [2.05, 4.69) is 20.9 Å². The molecule has 0 saturated heterocycles. The molecule has 1 N–H and O–H groups in total. The zero-order valence-electron chi connectivity index (χ0n) is 8.11. The van der Waals surface area contributed by atoms with Gasteiger partial charge in [0.15, 0.2) is 3.92 Å². The SMILES string of the molecule is CC(C)(C)N(C(=O)O)c1cnc(Br)s1. The first-order chi connectivity index (χ1) is 6.32. The third-order valence-electron chi connectivity index (χ3n) is 1.55. The van der Waals surface area contributed by atoms with Crippen LogP contribution in [0.15, 0.2) is 10.1 Å². The number of nitrogens with zero attached hydrogens (tertiary/aromatic N) is 2. The Labute approximate surface area is 94.7 Å². The molecule has 0 atom stereocenters. The Morgan fingerprint density at radius 3 is 2.50 bits per heavy atom. The summed E-state index contributed by atoms with van der Waals surface area (Å²) in [5.74, 6) is 0. The maximum atomic E-state index is 11.0. The van der Waals surface area contributed by atoms with Gasteiger partial charge in [0.25, 0.3) is 0 Å². The van der Waals surface area contributed by atoms with Crippen molar-refractivity contribution in [2.45, 2.75) is 26.3 Å². The van der Waals surface area contributed by atoms with Gasteiger partial charge in [-0.15, -0.1) is 0 Å². The van der Waals surface area contributed by atoms with Crippen LogP contribution in [0.1, 0.15) is 20.8 Å². The second kappa shape index (κ2) is 3.86. The first-order valence-corrected chi connectivity index (χ1v) is 5.58. The summed E-state index contributed by atoms with van der Waals surface area (Å²) in [5, 5.41) is 9.68. The summed E-state index contributed by atoms with van der Waals surface area (Å²) < 4.78 is 0.683. The van der Waals surface area contributed by atoms with Crippen LogP contribution in [0, 0.1) is 0 Å². The van der Waals surface area contributed by atoms with E-state index in [0.29, 0.717) is 8.92 Å². The highest BCUT2D eigenvalue weighted by molar-refractivity contribution is 9.11. The molecule has 1 rings (SSSR count). The van der Waals surface area contributed by atoms with Crippen LogP contribution in [0.5, 0.6) is 0 Å². The van der Waals surface area contributed by atoms with Crippen molar-refractivity contribution in [1.29, 1.82) is 0 Å². The molecule has 1 heterocycles. The molecule has 0 aromatic carbocycles. The third kappa shape index (κ3) is 2.45. The number of halogens is 1. The number of hydrogen-bond donors (Lipinski definition) is 1. The van der Waals surface area contributed by atoms with Crippen LogP contribution in [0.4, 0.5) is 9.80 Å². The maximum Gasteiger partial charge on any atom is 0.412 e. The molecule has 4 nitrogen and oxygen atoms in total. The summed E-state index contributed by atoms with van der Waals surface area (Å²) >= 11 is 4.51. The van der Waals surface area contributed by atoms with Gasteiger partial charge in [-0.25, -0.2) is 9.78 Å². The molecule has 0 bridgehead atoms. The van der Waals surface area contributed by atoms with E-state index in [1.54, 1.807) is 6.20 Å². The standard InChI is InChI=1S/C8H11BrN2O2S/c1-8(2,3)11(7(12)13)5-4-10-6(9)14-5/h4H,1-3H3,(H,12,13). The summed E-state index contributed by atoms with van der Waals surface area (Å²) in [4.78, 5) is 16.3. The number of rotatable bonds is 1. The minimum atomic E-state index is -0.964. The molecule has 1 aromatic rings. The van der Waals surface area contributed by atoms with Crippen molar-refractivity contribution in [2.75, 3.05) is 4.90 Å². The van der Waals surface area contributed by atoms with Gasteiger partial charge in [-0.3, -0.25) is 4.90 Å². The van der Waals surface area contributed by atoms with Gasteiger partial charge in [0, 0.05) is 5.54 Å². The zero-order chi connectivity index (χ0) is 10.9. The molecule has 0 fully saturated rings. The number of carboxylic acid groups (broad SMARTS) is 1.